The minimum atomic E-state index is -3.41. The molecule has 2 rings (SSSR count). The van der Waals surface area contributed by atoms with E-state index < -0.39 is 15.7 Å². The molecule has 0 radical (unpaired) electrons. The molecule has 27 heavy (non-hydrogen) atoms. The molecule has 6 nitrogen and oxygen atoms in total. The van der Waals surface area contributed by atoms with Crippen LogP contribution in [0, 0.1) is 5.92 Å². The van der Waals surface area contributed by atoms with Gasteiger partial charge in [-0.1, -0.05) is 31.5 Å². The van der Waals surface area contributed by atoms with Crippen LogP contribution in [0.5, 0.6) is 0 Å². The van der Waals surface area contributed by atoms with Gasteiger partial charge in [-0.3, -0.25) is 9.59 Å². The summed E-state index contributed by atoms with van der Waals surface area (Å²) in [4.78, 5) is 24.4. The van der Waals surface area contributed by atoms with E-state index in [1.165, 1.54) is 24.3 Å². The van der Waals surface area contributed by atoms with Gasteiger partial charge in [0.2, 0.25) is 5.91 Å². The minimum absolute atomic E-state index is 0.0596. The Morgan fingerprint density at radius 2 is 1.81 bits per heavy atom. The predicted octanol–water partition coefficient (Wildman–Crippen LogP) is 3.98. The minimum Gasteiger partial charge on any atom is -0.326 e. The lowest BCUT2D eigenvalue weighted by Gasteiger charge is -2.12. The Labute approximate surface area is 163 Å². The highest BCUT2D eigenvalue weighted by atomic mass is 35.5. The van der Waals surface area contributed by atoms with Gasteiger partial charge in [0.1, 0.15) is 0 Å². The maximum absolute atomic E-state index is 12.4. The van der Waals surface area contributed by atoms with Crippen molar-refractivity contribution in [1.29, 1.82) is 0 Å². The summed E-state index contributed by atoms with van der Waals surface area (Å²) in [7, 11) is -3.41. The summed E-state index contributed by atoms with van der Waals surface area (Å²) in [6.07, 6.45) is 1.80. The van der Waals surface area contributed by atoms with Crippen molar-refractivity contribution in [3.8, 4) is 0 Å². The molecule has 0 saturated carbocycles. The molecular weight excluding hydrogens is 388 g/mol. The zero-order valence-corrected chi connectivity index (χ0v) is 16.8. The van der Waals surface area contributed by atoms with E-state index in [1.54, 1.807) is 18.2 Å². The molecule has 2 aromatic rings. The van der Waals surface area contributed by atoms with E-state index in [0.717, 1.165) is 12.7 Å². The first-order valence-electron chi connectivity index (χ1n) is 8.33. The van der Waals surface area contributed by atoms with Gasteiger partial charge in [-0.05, 0) is 42.8 Å². The number of hydrogen-bond acceptors (Lipinski definition) is 4. The van der Waals surface area contributed by atoms with Crippen molar-refractivity contribution in [1.82, 2.24) is 0 Å². The fraction of sp³-hybridized carbons (Fsp3) is 0.263. The molecule has 0 aliphatic rings. The summed E-state index contributed by atoms with van der Waals surface area (Å²) in [6, 6.07) is 10.5. The molecule has 144 valence electrons. The van der Waals surface area contributed by atoms with Gasteiger partial charge >= 0.3 is 0 Å². The van der Waals surface area contributed by atoms with Gasteiger partial charge in [-0.2, -0.15) is 0 Å². The highest BCUT2D eigenvalue weighted by Gasteiger charge is 2.14. The number of carbonyl (C=O) groups excluding carboxylic acids is 2. The van der Waals surface area contributed by atoms with E-state index in [1.807, 2.05) is 13.8 Å². The van der Waals surface area contributed by atoms with Crippen molar-refractivity contribution in [3.63, 3.8) is 0 Å². The highest BCUT2D eigenvalue weighted by Crippen LogP contribution is 2.26. The molecule has 0 saturated heterocycles. The second-order valence-electron chi connectivity index (χ2n) is 6.25. The molecule has 0 heterocycles. The van der Waals surface area contributed by atoms with Crippen LogP contribution < -0.4 is 10.6 Å². The molecule has 8 heteroatoms. The van der Waals surface area contributed by atoms with Crippen LogP contribution in [0.25, 0.3) is 0 Å². The lowest BCUT2D eigenvalue weighted by molar-refractivity contribution is -0.119. The zero-order chi connectivity index (χ0) is 20.2. The van der Waals surface area contributed by atoms with Crippen molar-refractivity contribution >= 4 is 44.6 Å². The van der Waals surface area contributed by atoms with Gasteiger partial charge in [0, 0.05) is 23.4 Å². The predicted molar refractivity (Wildman–Crippen MR) is 107 cm³/mol. The van der Waals surface area contributed by atoms with Crippen LogP contribution in [0.15, 0.2) is 47.4 Å². The fourth-order valence-corrected chi connectivity index (χ4v) is 3.10. The molecule has 0 fully saturated rings. The maximum Gasteiger partial charge on any atom is 0.255 e. The van der Waals surface area contributed by atoms with Crippen LogP contribution in [-0.2, 0) is 14.6 Å². The number of halogens is 1. The van der Waals surface area contributed by atoms with E-state index in [0.29, 0.717) is 11.4 Å². The van der Waals surface area contributed by atoms with Crippen LogP contribution in [0.3, 0.4) is 0 Å². The normalized spacial score (nSPS) is 12.3. The average Bonchev–Trinajstić information content (AvgIpc) is 2.62. The molecule has 0 aliphatic heterocycles. The summed E-state index contributed by atoms with van der Waals surface area (Å²) in [5.74, 6) is -0.716. The van der Waals surface area contributed by atoms with E-state index in [2.05, 4.69) is 10.6 Å². The SMILES string of the molecule is CC[C@@H](C)C(=O)Nc1ccc(NC(=O)c2cccc(S(C)(=O)=O)c2)c(Cl)c1. The second kappa shape index (κ2) is 8.54. The first-order chi connectivity index (χ1) is 12.6. The van der Waals surface area contributed by atoms with Gasteiger partial charge in [0.15, 0.2) is 9.84 Å². The quantitative estimate of drug-likeness (QED) is 0.756. The average molecular weight is 409 g/mol. The number of anilines is 2. The van der Waals surface area contributed by atoms with Gasteiger partial charge < -0.3 is 10.6 Å². The Morgan fingerprint density at radius 3 is 2.41 bits per heavy atom. The van der Waals surface area contributed by atoms with E-state index in [9.17, 15) is 18.0 Å². The third-order valence-electron chi connectivity index (χ3n) is 4.07. The van der Waals surface area contributed by atoms with E-state index in [-0.39, 0.29) is 27.3 Å². The van der Waals surface area contributed by atoms with Gasteiger partial charge in [0.25, 0.3) is 5.91 Å². The highest BCUT2D eigenvalue weighted by molar-refractivity contribution is 7.90. The molecule has 2 N–H and O–H groups in total. The molecular formula is C19H21ClN2O4S. The number of hydrogen-bond donors (Lipinski definition) is 2. The number of benzene rings is 2. The van der Waals surface area contributed by atoms with Crippen molar-refractivity contribution in [2.24, 2.45) is 5.92 Å². The zero-order valence-electron chi connectivity index (χ0n) is 15.2. The molecule has 2 aromatic carbocycles. The van der Waals surface area contributed by atoms with Crippen LogP contribution in [-0.4, -0.2) is 26.5 Å². The summed E-state index contributed by atoms with van der Waals surface area (Å²) >= 11 is 6.20. The summed E-state index contributed by atoms with van der Waals surface area (Å²) in [5, 5.41) is 5.66. The number of nitrogens with one attached hydrogen (secondary N) is 2. The summed E-state index contributed by atoms with van der Waals surface area (Å²) in [6.45, 7) is 3.75. The maximum atomic E-state index is 12.4. The van der Waals surface area contributed by atoms with Crippen molar-refractivity contribution in [2.45, 2.75) is 25.2 Å². The summed E-state index contributed by atoms with van der Waals surface area (Å²) in [5.41, 5.74) is 1.08. The fourth-order valence-electron chi connectivity index (χ4n) is 2.21. The smallest absolute Gasteiger partial charge is 0.255 e. The largest absolute Gasteiger partial charge is 0.326 e. The van der Waals surface area contributed by atoms with Crippen LogP contribution in [0.4, 0.5) is 11.4 Å². The Kier molecular flexibility index (Phi) is 6.62. The molecule has 0 bridgehead atoms. The summed E-state index contributed by atoms with van der Waals surface area (Å²) < 4.78 is 23.3. The monoisotopic (exact) mass is 408 g/mol. The van der Waals surface area contributed by atoms with Crippen LogP contribution in [0.1, 0.15) is 30.6 Å². The van der Waals surface area contributed by atoms with E-state index in [4.69, 9.17) is 11.6 Å². The van der Waals surface area contributed by atoms with E-state index >= 15 is 0 Å². The standard InChI is InChI=1S/C19H21ClN2O4S/c1-4-12(2)18(23)21-14-8-9-17(16(20)11-14)22-19(24)13-6-5-7-15(10-13)27(3,25)26/h5-12H,4H2,1-3H3,(H,21,23)(H,22,24)/t12-/m1/s1. The number of carbonyl (C=O) groups is 2. The lowest BCUT2D eigenvalue weighted by Crippen LogP contribution is -2.19. The molecule has 1 atom stereocenters. The first-order valence-corrected chi connectivity index (χ1v) is 10.6. The topological polar surface area (TPSA) is 92.3 Å². The Morgan fingerprint density at radius 1 is 1.11 bits per heavy atom. The third kappa shape index (κ3) is 5.55. The van der Waals surface area contributed by atoms with Crippen molar-refractivity contribution < 1.29 is 18.0 Å². The number of amides is 2. The Hall–Kier alpha value is -2.38. The number of rotatable bonds is 6. The number of sulfone groups is 1. The molecule has 2 amide bonds. The Bertz CT molecular complexity index is 973. The molecule has 0 aromatic heterocycles. The molecule has 0 aliphatic carbocycles. The second-order valence-corrected chi connectivity index (χ2v) is 8.67. The Balaban J connectivity index is 2.16. The first kappa shape index (κ1) is 20.9. The van der Waals surface area contributed by atoms with Crippen LogP contribution in [0.2, 0.25) is 5.02 Å². The van der Waals surface area contributed by atoms with Gasteiger partial charge in [0.05, 0.1) is 15.6 Å². The molecule has 0 unspecified atom stereocenters. The van der Waals surface area contributed by atoms with Gasteiger partial charge in [-0.15, -0.1) is 0 Å². The van der Waals surface area contributed by atoms with Gasteiger partial charge in [-0.25, -0.2) is 8.42 Å². The lowest BCUT2D eigenvalue weighted by atomic mass is 10.1. The molecule has 0 spiro atoms. The van der Waals surface area contributed by atoms with Crippen molar-refractivity contribution in [3.05, 3.63) is 53.1 Å². The third-order valence-corrected chi connectivity index (χ3v) is 5.49. The van der Waals surface area contributed by atoms with Crippen LogP contribution >= 0.6 is 11.6 Å². The van der Waals surface area contributed by atoms with Crippen molar-refractivity contribution in [2.75, 3.05) is 16.9 Å².